The predicted octanol–water partition coefficient (Wildman–Crippen LogP) is 6.29. The summed E-state index contributed by atoms with van der Waals surface area (Å²) in [5.41, 5.74) is -4.12. The SMILES string of the molecule is O=C(NCc1c(C(F)(F)F)cccc1C(F)(F)F)c1cc([C@@H]2CCNC[C@H]2COc2ccc3c(c2)OCO3)ccc1F. The van der Waals surface area contributed by atoms with Gasteiger partial charge in [-0.05, 0) is 66.4 Å². The van der Waals surface area contributed by atoms with E-state index in [9.17, 15) is 35.5 Å². The molecular formula is C29H25F7N2O4. The molecule has 1 fully saturated rings. The number of piperidine rings is 1. The number of ether oxygens (including phenoxy) is 3. The minimum absolute atomic E-state index is 0.0986. The van der Waals surface area contributed by atoms with Gasteiger partial charge >= 0.3 is 12.4 Å². The summed E-state index contributed by atoms with van der Waals surface area (Å²) in [5, 5.41) is 5.32. The number of carbonyl (C=O) groups excluding carboxylic acids is 1. The van der Waals surface area contributed by atoms with Gasteiger partial charge in [0, 0.05) is 25.1 Å². The predicted molar refractivity (Wildman–Crippen MR) is 136 cm³/mol. The van der Waals surface area contributed by atoms with E-state index < -0.39 is 52.9 Å². The Hall–Kier alpha value is -4.00. The molecule has 3 aromatic rings. The number of carbonyl (C=O) groups is 1. The lowest BCUT2D eigenvalue weighted by molar-refractivity contribution is -0.144. The summed E-state index contributed by atoms with van der Waals surface area (Å²) < 4.78 is 112. The molecule has 2 heterocycles. The lowest BCUT2D eigenvalue weighted by Crippen LogP contribution is -2.38. The topological polar surface area (TPSA) is 68.8 Å². The van der Waals surface area contributed by atoms with Crippen LogP contribution in [0.25, 0.3) is 0 Å². The highest BCUT2D eigenvalue weighted by Crippen LogP contribution is 2.40. The molecule has 0 aromatic heterocycles. The molecule has 2 atom stereocenters. The Balaban J connectivity index is 1.33. The number of nitrogens with one attached hydrogen (secondary N) is 2. The zero-order valence-electron chi connectivity index (χ0n) is 21.9. The van der Waals surface area contributed by atoms with Crippen molar-refractivity contribution in [1.82, 2.24) is 10.6 Å². The Kier molecular flexibility index (Phi) is 8.22. The Morgan fingerprint density at radius 3 is 2.38 bits per heavy atom. The number of hydrogen-bond acceptors (Lipinski definition) is 5. The molecule has 6 nitrogen and oxygen atoms in total. The Bertz CT molecular complexity index is 1430. The molecule has 224 valence electrons. The van der Waals surface area contributed by atoms with E-state index >= 15 is 0 Å². The first kappa shape index (κ1) is 29.5. The highest BCUT2D eigenvalue weighted by molar-refractivity contribution is 5.94. The van der Waals surface area contributed by atoms with Crippen LogP contribution in [-0.2, 0) is 18.9 Å². The fourth-order valence-electron chi connectivity index (χ4n) is 5.23. The lowest BCUT2D eigenvalue weighted by Gasteiger charge is -2.32. The fraction of sp³-hybridized carbons (Fsp3) is 0.345. The van der Waals surface area contributed by atoms with Crippen LogP contribution in [0.1, 0.15) is 45.0 Å². The summed E-state index contributed by atoms with van der Waals surface area (Å²) in [4.78, 5) is 12.9. The van der Waals surface area contributed by atoms with Gasteiger partial charge in [-0.1, -0.05) is 12.1 Å². The molecule has 2 aliphatic heterocycles. The van der Waals surface area contributed by atoms with Crippen LogP contribution < -0.4 is 24.8 Å². The van der Waals surface area contributed by atoms with Crippen molar-refractivity contribution >= 4 is 5.91 Å². The number of halogens is 7. The molecule has 1 amide bonds. The molecule has 3 aromatic carbocycles. The highest BCUT2D eigenvalue weighted by Gasteiger charge is 2.40. The monoisotopic (exact) mass is 598 g/mol. The third kappa shape index (κ3) is 6.40. The van der Waals surface area contributed by atoms with E-state index in [2.05, 4.69) is 10.6 Å². The number of fused-ring (bicyclic) bond motifs is 1. The van der Waals surface area contributed by atoms with Crippen molar-refractivity contribution in [2.24, 2.45) is 5.92 Å². The fourth-order valence-corrected chi connectivity index (χ4v) is 5.23. The molecule has 0 spiro atoms. The molecule has 1 saturated heterocycles. The Labute approximate surface area is 235 Å². The largest absolute Gasteiger partial charge is 0.493 e. The molecule has 2 N–H and O–H groups in total. The van der Waals surface area contributed by atoms with E-state index in [0.29, 0.717) is 60.5 Å². The van der Waals surface area contributed by atoms with Crippen molar-refractivity contribution in [3.63, 3.8) is 0 Å². The van der Waals surface area contributed by atoms with Gasteiger partial charge in [-0.2, -0.15) is 26.3 Å². The summed E-state index contributed by atoms with van der Waals surface area (Å²) in [6, 6.07) is 10.7. The number of rotatable bonds is 7. The molecule has 0 saturated carbocycles. The van der Waals surface area contributed by atoms with Crippen molar-refractivity contribution in [3.8, 4) is 17.2 Å². The Morgan fingerprint density at radius 1 is 0.952 bits per heavy atom. The second-order valence-corrected chi connectivity index (χ2v) is 9.93. The molecule has 0 bridgehead atoms. The van der Waals surface area contributed by atoms with Crippen LogP contribution in [0.2, 0.25) is 0 Å². The Morgan fingerprint density at radius 2 is 1.67 bits per heavy atom. The van der Waals surface area contributed by atoms with E-state index in [1.165, 1.54) is 12.1 Å². The van der Waals surface area contributed by atoms with Gasteiger partial charge in [-0.3, -0.25) is 4.79 Å². The number of benzene rings is 3. The maximum Gasteiger partial charge on any atom is 0.416 e. The van der Waals surface area contributed by atoms with Gasteiger partial charge in [0.2, 0.25) is 6.79 Å². The molecular weight excluding hydrogens is 573 g/mol. The first-order valence-electron chi connectivity index (χ1n) is 13.0. The smallest absolute Gasteiger partial charge is 0.416 e. The summed E-state index contributed by atoms with van der Waals surface area (Å²) in [6.07, 6.45) is -9.58. The van der Waals surface area contributed by atoms with Gasteiger partial charge in [0.25, 0.3) is 5.91 Å². The minimum atomic E-state index is -5.10. The van der Waals surface area contributed by atoms with Gasteiger partial charge in [-0.15, -0.1) is 0 Å². The first-order valence-corrected chi connectivity index (χ1v) is 13.0. The van der Waals surface area contributed by atoms with E-state index in [1.807, 2.05) is 0 Å². The summed E-state index contributed by atoms with van der Waals surface area (Å²) in [7, 11) is 0. The summed E-state index contributed by atoms with van der Waals surface area (Å²) in [6.45, 7) is 0.477. The van der Waals surface area contributed by atoms with Crippen LogP contribution in [0.5, 0.6) is 17.2 Å². The van der Waals surface area contributed by atoms with Crippen LogP contribution >= 0.6 is 0 Å². The normalized spacial score (nSPS) is 18.5. The third-order valence-corrected chi connectivity index (χ3v) is 7.29. The number of amides is 1. The number of alkyl halides is 6. The van der Waals surface area contributed by atoms with E-state index in [1.54, 1.807) is 18.2 Å². The van der Waals surface area contributed by atoms with Gasteiger partial charge in [0.15, 0.2) is 11.5 Å². The van der Waals surface area contributed by atoms with Crippen molar-refractivity contribution in [1.29, 1.82) is 0 Å². The van der Waals surface area contributed by atoms with Gasteiger partial charge in [0.1, 0.15) is 11.6 Å². The second kappa shape index (κ2) is 11.7. The number of hydrogen-bond donors (Lipinski definition) is 2. The maximum atomic E-state index is 14.7. The second-order valence-electron chi connectivity index (χ2n) is 9.93. The first-order chi connectivity index (χ1) is 19.9. The molecule has 2 aliphatic rings. The van der Waals surface area contributed by atoms with Crippen LogP contribution in [0.3, 0.4) is 0 Å². The zero-order chi connectivity index (χ0) is 30.1. The summed E-state index contributed by atoms with van der Waals surface area (Å²) >= 11 is 0. The van der Waals surface area contributed by atoms with Gasteiger partial charge in [0.05, 0.1) is 23.3 Å². The van der Waals surface area contributed by atoms with Crippen molar-refractivity contribution in [3.05, 3.63) is 88.2 Å². The average Bonchev–Trinajstić information content (AvgIpc) is 3.42. The van der Waals surface area contributed by atoms with E-state index in [4.69, 9.17) is 14.2 Å². The average molecular weight is 599 g/mol. The molecule has 0 unspecified atom stereocenters. The standard InChI is InChI=1S/C29H25F7N2O4/c30-24-6-4-16(19-8-9-37-12-17(19)14-40-18-5-7-25-26(11-18)42-15-41-25)10-20(24)27(39)38-13-21-22(28(31,32)33)2-1-3-23(21)29(34,35)36/h1-7,10-11,17,19,37H,8-9,12-15H2,(H,38,39)/t17-,19-/m0/s1. The molecule has 42 heavy (non-hydrogen) atoms. The van der Waals surface area contributed by atoms with Crippen LogP contribution in [0.4, 0.5) is 30.7 Å². The molecule has 5 rings (SSSR count). The molecule has 0 aliphatic carbocycles. The van der Waals surface area contributed by atoms with Crippen molar-refractivity contribution in [2.75, 3.05) is 26.5 Å². The van der Waals surface area contributed by atoms with Gasteiger partial charge < -0.3 is 24.8 Å². The van der Waals surface area contributed by atoms with E-state index in [-0.39, 0.29) is 25.2 Å². The molecule has 0 radical (unpaired) electrons. The lowest BCUT2D eigenvalue weighted by atomic mass is 9.81. The van der Waals surface area contributed by atoms with Crippen molar-refractivity contribution in [2.45, 2.75) is 31.2 Å². The van der Waals surface area contributed by atoms with Crippen LogP contribution in [0, 0.1) is 11.7 Å². The quantitative estimate of drug-likeness (QED) is 0.313. The van der Waals surface area contributed by atoms with Crippen LogP contribution in [-0.4, -0.2) is 32.4 Å². The maximum absolute atomic E-state index is 14.7. The molecule has 13 heteroatoms. The highest BCUT2D eigenvalue weighted by atomic mass is 19.4. The zero-order valence-corrected chi connectivity index (χ0v) is 21.9. The van der Waals surface area contributed by atoms with E-state index in [0.717, 1.165) is 6.07 Å². The van der Waals surface area contributed by atoms with Crippen molar-refractivity contribution < 1.29 is 49.7 Å². The third-order valence-electron chi connectivity index (χ3n) is 7.29. The summed E-state index contributed by atoms with van der Waals surface area (Å²) in [5.74, 6) is -0.651. The van der Waals surface area contributed by atoms with Crippen LogP contribution in [0.15, 0.2) is 54.6 Å². The minimum Gasteiger partial charge on any atom is -0.493 e. The van der Waals surface area contributed by atoms with Gasteiger partial charge in [-0.25, -0.2) is 4.39 Å².